The summed E-state index contributed by atoms with van der Waals surface area (Å²) in [5, 5.41) is 10.3. The first-order chi connectivity index (χ1) is 17.5. The van der Waals surface area contributed by atoms with Crippen LogP contribution in [0.1, 0.15) is 45.2 Å². The van der Waals surface area contributed by atoms with Gasteiger partial charge in [-0.05, 0) is 69.5 Å². The van der Waals surface area contributed by atoms with E-state index in [9.17, 15) is 19.5 Å². The lowest BCUT2D eigenvalue weighted by Crippen LogP contribution is -2.46. The average molecular weight is 512 g/mol. The van der Waals surface area contributed by atoms with Crippen LogP contribution < -0.4 is 20.7 Å². The Hall–Kier alpha value is -3.95. The first-order valence-electron chi connectivity index (χ1n) is 12.2. The third-order valence-corrected chi connectivity index (χ3v) is 6.42. The molecule has 1 aliphatic heterocycles. The third kappa shape index (κ3) is 5.42. The number of phenols is 1. The number of carbonyl (C=O) groups is 1. The second-order valence-electron chi connectivity index (χ2n) is 10.1. The Kier molecular flexibility index (Phi) is 7.20. The smallest absolute Gasteiger partial charge is 0.410 e. The van der Waals surface area contributed by atoms with Gasteiger partial charge in [-0.3, -0.25) is 13.9 Å². The van der Waals surface area contributed by atoms with E-state index >= 15 is 0 Å². The summed E-state index contributed by atoms with van der Waals surface area (Å²) in [7, 11) is 3.05. The Labute approximate surface area is 214 Å². The first kappa shape index (κ1) is 26.1. The summed E-state index contributed by atoms with van der Waals surface area (Å²) in [6.07, 6.45) is 0.652. The number of hydrogen-bond acceptors (Lipinski definition) is 7. The number of fused-ring (bicyclic) bond motifs is 1. The van der Waals surface area contributed by atoms with Gasteiger partial charge in [0.2, 0.25) is 0 Å². The van der Waals surface area contributed by atoms with E-state index in [1.807, 2.05) is 20.8 Å². The average Bonchev–Trinajstić information content (AvgIpc) is 2.86. The Bertz CT molecular complexity index is 1430. The lowest BCUT2D eigenvalue weighted by Gasteiger charge is -2.34. The Morgan fingerprint density at radius 2 is 1.68 bits per heavy atom. The first-order valence-corrected chi connectivity index (χ1v) is 12.2. The van der Waals surface area contributed by atoms with Crippen LogP contribution in [0, 0.1) is 0 Å². The Balaban J connectivity index is 1.73. The number of phenolic OH excluding ortho intramolecular Hbond substituents is 1. The van der Waals surface area contributed by atoms with E-state index in [1.54, 1.807) is 33.7 Å². The van der Waals surface area contributed by atoms with Crippen LogP contribution in [-0.2, 0) is 11.3 Å². The molecule has 2 heterocycles. The third-order valence-electron chi connectivity index (χ3n) is 6.42. The van der Waals surface area contributed by atoms with Crippen molar-refractivity contribution in [2.24, 2.45) is 0 Å². The molecule has 1 saturated heterocycles. The van der Waals surface area contributed by atoms with Gasteiger partial charge >= 0.3 is 11.8 Å². The monoisotopic (exact) mass is 511 g/mol. The second-order valence-corrected chi connectivity index (χ2v) is 10.1. The molecule has 0 atom stereocenters. The normalized spacial score (nSPS) is 14.6. The van der Waals surface area contributed by atoms with E-state index in [4.69, 9.17) is 14.2 Å². The molecule has 1 N–H and O–H groups in total. The van der Waals surface area contributed by atoms with Crippen LogP contribution in [0.15, 0.2) is 46.0 Å². The number of carbonyl (C=O) groups excluding carboxylic acids is 1. The lowest BCUT2D eigenvalue weighted by atomic mass is 10.0. The number of ether oxygens (including phenoxy) is 3. The Morgan fingerprint density at radius 3 is 2.30 bits per heavy atom. The fourth-order valence-corrected chi connectivity index (χ4v) is 4.66. The van der Waals surface area contributed by atoms with Gasteiger partial charge in [-0.1, -0.05) is 6.07 Å². The minimum absolute atomic E-state index is 0.0143. The van der Waals surface area contributed by atoms with Gasteiger partial charge in [0.05, 0.1) is 31.7 Å². The molecule has 198 valence electrons. The number of aromatic hydroxyl groups is 1. The number of piperidine rings is 1. The standard InChI is InChI=1S/C27H33N3O7/c1-27(2,3)37-26(34)28-12-10-18(11-13-28)30-21-8-7-19(31)15-20(21)24(32)29(25(30)33)16-17-6-9-22(35-4)23(14-17)36-5/h6-9,14-15,18,31H,10-13,16H2,1-5H3. The van der Waals surface area contributed by atoms with Crippen LogP contribution in [0.2, 0.25) is 0 Å². The molecule has 4 rings (SSSR count). The Morgan fingerprint density at radius 1 is 1.00 bits per heavy atom. The highest BCUT2D eigenvalue weighted by atomic mass is 16.6. The summed E-state index contributed by atoms with van der Waals surface area (Å²) in [4.78, 5) is 41.3. The largest absolute Gasteiger partial charge is 0.508 e. The molecule has 1 aliphatic rings. The van der Waals surface area contributed by atoms with Crippen LogP contribution in [0.25, 0.3) is 10.9 Å². The quantitative estimate of drug-likeness (QED) is 0.558. The van der Waals surface area contributed by atoms with E-state index in [1.165, 1.54) is 30.9 Å². The number of nitrogens with zero attached hydrogens (tertiary/aromatic N) is 3. The van der Waals surface area contributed by atoms with Gasteiger partial charge in [-0.15, -0.1) is 0 Å². The summed E-state index contributed by atoms with van der Waals surface area (Å²) in [6.45, 7) is 6.31. The molecule has 1 fully saturated rings. The zero-order valence-electron chi connectivity index (χ0n) is 21.8. The summed E-state index contributed by atoms with van der Waals surface area (Å²) >= 11 is 0. The maximum atomic E-state index is 13.8. The van der Waals surface area contributed by atoms with Crippen molar-refractivity contribution in [3.8, 4) is 17.2 Å². The van der Waals surface area contributed by atoms with Crippen molar-refractivity contribution >= 4 is 17.0 Å². The highest BCUT2D eigenvalue weighted by Gasteiger charge is 2.29. The molecule has 0 unspecified atom stereocenters. The molecule has 2 aromatic carbocycles. The molecule has 0 saturated carbocycles. The molecule has 1 amide bonds. The number of aromatic nitrogens is 2. The van der Waals surface area contributed by atoms with Crippen LogP contribution in [0.5, 0.6) is 17.2 Å². The van der Waals surface area contributed by atoms with E-state index in [0.29, 0.717) is 48.5 Å². The SMILES string of the molecule is COc1ccc(Cn2c(=O)c3cc(O)ccc3n(C3CCN(C(=O)OC(C)(C)C)CC3)c2=O)cc1OC. The highest BCUT2D eigenvalue weighted by Crippen LogP contribution is 2.29. The molecule has 3 aromatic rings. The summed E-state index contributed by atoms with van der Waals surface area (Å²) < 4.78 is 18.9. The van der Waals surface area contributed by atoms with E-state index in [0.717, 1.165) is 0 Å². The van der Waals surface area contributed by atoms with E-state index in [-0.39, 0.29) is 29.8 Å². The van der Waals surface area contributed by atoms with Crippen molar-refractivity contribution in [2.45, 2.75) is 51.8 Å². The maximum absolute atomic E-state index is 13.8. The van der Waals surface area contributed by atoms with Gasteiger partial charge in [0.15, 0.2) is 11.5 Å². The van der Waals surface area contributed by atoms with Crippen molar-refractivity contribution < 1.29 is 24.1 Å². The minimum Gasteiger partial charge on any atom is -0.508 e. The van der Waals surface area contributed by atoms with Crippen molar-refractivity contribution in [3.05, 3.63) is 62.8 Å². The van der Waals surface area contributed by atoms with Crippen LogP contribution in [0.4, 0.5) is 4.79 Å². The number of amides is 1. The summed E-state index contributed by atoms with van der Waals surface area (Å²) in [5.74, 6) is 0.963. The van der Waals surface area contributed by atoms with E-state index < -0.39 is 16.9 Å². The zero-order valence-corrected chi connectivity index (χ0v) is 21.8. The van der Waals surface area contributed by atoms with Gasteiger partial charge in [0, 0.05) is 19.1 Å². The number of benzene rings is 2. The number of rotatable bonds is 5. The predicted octanol–water partition coefficient (Wildman–Crippen LogP) is 3.51. The van der Waals surface area contributed by atoms with Gasteiger partial charge in [-0.25, -0.2) is 9.59 Å². The molecule has 0 bridgehead atoms. The minimum atomic E-state index is -0.595. The van der Waals surface area contributed by atoms with Gasteiger partial charge in [0.1, 0.15) is 11.4 Å². The van der Waals surface area contributed by atoms with Gasteiger partial charge in [-0.2, -0.15) is 0 Å². The van der Waals surface area contributed by atoms with Crippen molar-refractivity contribution in [1.29, 1.82) is 0 Å². The number of likely N-dealkylation sites (tertiary alicyclic amines) is 1. The van der Waals surface area contributed by atoms with Crippen molar-refractivity contribution in [3.63, 3.8) is 0 Å². The fraction of sp³-hybridized carbons (Fsp3) is 0.444. The number of methoxy groups -OCH3 is 2. The molecular formula is C27H33N3O7. The number of hydrogen-bond donors (Lipinski definition) is 1. The lowest BCUT2D eigenvalue weighted by molar-refractivity contribution is 0.0188. The zero-order chi connectivity index (χ0) is 26.9. The summed E-state index contributed by atoms with van der Waals surface area (Å²) in [6, 6.07) is 9.41. The fourth-order valence-electron chi connectivity index (χ4n) is 4.66. The molecule has 0 spiro atoms. The highest BCUT2D eigenvalue weighted by molar-refractivity contribution is 5.79. The van der Waals surface area contributed by atoms with E-state index in [2.05, 4.69) is 0 Å². The summed E-state index contributed by atoms with van der Waals surface area (Å²) in [5.41, 5.74) is -0.403. The molecular weight excluding hydrogens is 478 g/mol. The van der Waals surface area contributed by atoms with Gasteiger partial charge < -0.3 is 24.2 Å². The van der Waals surface area contributed by atoms with Crippen molar-refractivity contribution in [1.82, 2.24) is 14.0 Å². The second kappa shape index (κ2) is 10.2. The molecule has 1 aromatic heterocycles. The topological polar surface area (TPSA) is 112 Å². The van der Waals surface area contributed by atoms with Crippen molar-refractivity contribution in [2.75, 3.05) is 27.3 Å². The molecule has 0 aliphatic carbocycles. The van der Waals surface area contributed by atoms with Gasteiger partial charge in [0.25, 0.3) is 5.56 Å². The molecule has 0 radical (unpaired) electrons. The predicted molar refractivity (Wildman–Crippen MR) is 139 cm³/mol. The van der Waals surface area contributed by atoms with Crippen LogP contribution >= 0.6 is 0 Å². The van der Waals surface area contributed by atoms with Crippen LogP contribution in [0.3, 0.4) is 0 Å². The maximum Gasteiger partial charge on any atom is 0.410 e. The molecule has 37 heavy (non-hydrogen) atoms. The molecule has 10 nitrogen and oxygen atoms in total. The van der Waals surface area contributed by atoms with Crippen LogP contribution in [-0.4, -0.2) is 58.1 Å². The molecule has 10 heteroatoms.